The number of piperidine rings is 1. The van der Waals surface area contributed by atoms with Crippen molar-refractivity contribution >= 4 is 16.8 Å². The number of carbonyl (C=O) groups is 1. The van der Waals surface area contributed by atoms with Gasteiger partial charge in [0.05, 0.1) is 0 Å². The fraction of sp³-hybridized carbons (Fsp3) is 0.571. The third-order valence-electron chi connectivity index (χ3n) is 5.77. The lowest BCUT2D eigenvalue weighted by Crippen LogP contribution is -2.43. The minimum atomic E-state index is 0.163. The van der Waals surface area contributed by atoms with Crippen LogP contribution in [-0.2, 0) is 17.8 Å². The molecule has 2 atom stereocenters. The first-order valence-corrected chi connectivity index (χ1v) is 9.64. The summed E-state index contributed by atoms with van der Waals surface area (Å²) in [6, 6.07) is 8.92. The second-order valence-corrected chi connectivity index (χ2v) is 7.47. The van der Waals surface area contributed by atoms with Crippen LogP contribution in [-0.4, -0.2) is 34.0 Å². The van der Waals surface area contributed by atoms with Gasteiger partial charge in [0.25, 0.3) is 0 Å². The van der Waals surface area contributed by atoms with Crippen LogP contribution >= 0.6 is 0 Å². The zero-order chi connectivity index (χ0) is 18.0. The van der Waals surface area contributed by atoms with Crippen molar-refractivity contribution in [2.24, 2.45) is 5.73 Å². The second kappa shape index (κ2) is 7.61. The number of benzene rings is 1. The number of para-hydroxylation sites is 1. The van der Waals surface area contributed by atoms with Crippen molar-refractivity contribution in [2.75, 3.05) is 6.54 Å². The Balaban J connectivity index is 1.93. The van der Waals surface area contributed by atoms with Crippen LogP contribution in [0.1, 0.15) is 50.8 Å². The molecule has 2 heterocycles. The Bertz CT molecular complexity index is 749. The summed E-state index contributed by atoms with van der Waals surface area (Å²) in [6.07, 6.45) is 5.30. The number of nitrogens with two attached hydrogens (primary N) is 1. The highest BCUT2D eigenvalue weighted by Gasteiger charge is 2.25. The molecule has 0 radical (unpaired) electrons. The molecule has 0 aliphatic carbocycles. The number of nitrogens with zero attached hydrogens (tertiary/aromatic N) is 2. The summed E-state index contributed by atoms with van der Waals surface area (Å²) in [7, 11) is 0. The molecule has 1 aliphatic rings. The molecule has 0 bridgehead atoms. The number of fused-ring (bicyclic) bond motifs is 1. The third kappa shape index (κ3) is 3.59. The van der Waals surface area contributed by atoms with Crippen LogP contribution in [0.25, 0.3) is 10.9 Å². The van der Waals surface area contributed by atoms with Crippen LogP contribution < -0.4 is 5.73 Å². The molecular formula is C21H31N3O. The van der Waals surface area contributed by atoms with E-state index in [4.69, 9.17) is 5.73 Å². The molecule has 2 unspecified atom stereocenters. The van der Waals surface area contributed by atoms with Gasteiger partial charge in [0, 0.05) is 35.2 Å². The molecule has 1 aromatic heterocycles. The molecule has 25 heavy (non-hydrogen) atoms. The topological polar surface area (TPSA) is 51.3 Å². The van der Waals surface area contributed by atoms with Crippen molar-refractivity contribution in [1.29, 1.82) is 0 Å². The Morgan fingerprint density at radius 3 is 2.80 bits per heavy atom. The number of hydrogen-bond acceptors (Lipinski definition) is 2. The maximum absolute atomic E-state index is 12.9. The van der Waals surface area contributed by atoms with E-state index >= 15 is 0 Å². The van der Waals surface area contributed by atoms with Gasteiger partial charge < -0.3 is 15.2 Å². The summed E-state index contributed by atoms with van der Waals surface area (Å²) in [4.78, 5) is 15.0. The Morgan fingerprint density at radius 1 is 1.32 bits per heavy atom. The van der Waals surface area contributed by atoms with Gasteiger partial charge in [0.2, 0.25) is 5.91 Å². The van der Waals surface area contributed by atoms with Crippen LogP contribution in [0.3, 0.4) is 0 Å². The minimum absolute atomic E-state index is 0.163. The molecule has 1 saturated heterocycles. The number of aromatic nitrogens is 1. The molecule has 1 amide bonds. The zero-order valence-electron chi connectivity index (χ0n) is 15.8. The summed E-state index contributed by atoms with van der Waals surface area (Å²) in [5, 5.41) is 1.24. The molecule has 1 aromatic carbocycles. The highest BCUT2D eigenvalue weighted by molar-refractivity contribution is 5.87. The van der Waals surface area contributed by atoms with Gasteiger partial charge >= 0.3 is 0 Å². The number of rotatable bonds is 5. The first kappa shape index (κ1) is 18.0. The van der Waals surface area contributed by atoms with Gasteiger partial charge in [-0.3, -0.25) is 4.79 Å². The third-order valence-corrected chi connectivity index (χ3v) is 5.77. The summed E-state index contributed by atoms with van der Waals surface area (Å²) in [5.41, 5.74) is 9.85. The average Bonchev–Trinajstić information content (AvgIpc) is 2.88. The van der Waals surface area contributed by atoms with Gasteiger partial charge in [0.15, 0.2) is 0 Å². The highest BCUT2D eigenvalue weighted by Crippen LogP contribution is 2.28. The fourth-order valence-corrected chi connectivity index (χ4v) is 4.07. The molecule has 0 saturated carbocycles. The van der Waals surface area contributed by atoms with Crippen molar-refractivity contribution < 1.29 is 4.79 Å². The molecule has 3 rings (SSSR count). The molecule has 1 fully saturated rings. The van der Waals surface area contributed by atoms with E-state index in [-0.39, 0.29) is 11.9 Å². The first-order chi connectivity index (χ1) is 12.0. The van der Waals surface area contributed by atoms with E-state index in [9.17, 15) is 4.79 Å². The Hall–Kier alpha value is -1.81. The average molecular weight is 341 g/mol. The Labute approximate surface area is 151 Å². The van der Waals surface area contributed by atoms with E-state index < -0.39 is 0 Å². The Morgan fingerprint density at radius 2 is 2.08 bits per heavy atom. The standard InChI is InChI=1S/C21H31N3O/c1-4-17(22)13-19-16(3)24(20-11-6-5-10-18(19)20)14-21(25)23-12-8-7-9-15(23)2/h5-6,10-11,15,17H,4,7-9,12-14,22H2,1-3H3. The van der Waals surface area contributed by atoms with E-state index in [1.807, 2.05) is 0 Å². The van der Waals surface area contributed by atoms with E-state index in [0.717, 1.165) is 37.7 Å². The lowest BCUT2D eigenvalue weighted by Gasteiger charge is -2.33. The smallest absolute Gasteiger partial charge is 0.242 e. The second-order valence-electron chi connectivity index (χ2n) is 7.47. The lowest BCUT2D eigenvalue weighted by molar-refractivity contribution is -0.135. The normalized spacial score (nSPS) is 19.4. The SMILES string of the molecule is CCC(N)Cc1c(C)n(CC(=O)N2CCCCC2C)c2ccccc12. The number of hydrogen-bond donors (Lipinski definition) is 1. The van der Waals surface area contributed by atoms with Crippen LogP contribution in [0.4, 0.5) is 0 Å². The number of likely N-dealkylation sites (tertiary alicyclic amines) is 1. The first-order valence-electron chi connectivity index (χ1n) is 9.64. The van der Waals surface area contributed by atoms with E-state index in [0.29, 0.717) is 12.6 Å². The molecule has 4 nitrogen and oxygen atoms in total. The molecule has 136 valence electrons. The van der Waals surface area contributed by atoms with Gasteiger partial charge in [-0.2, -0.15) is 0 Å². The maximum atomic E-state index is 12.9. The van der Waals surface area contributed by atoms with Crippen LogP contribution in [0.2, 0.25) is 0 Å². The van der Waals surface area contributed by atoms with Gasteiger partial charge in [0.1, 0.15) is 6.54 Å². The predicted molar refractivity (Wildman–Crippen MR) is 104 cm³/mol. The molecule has 0 spiro atoms. The van der Waals surface area contributed by atoms with E-state index in [1.54, 1.807) is 0 Å². The summed E-state index contributed by atoms with van der Waals surface area (Å²) in [5.74, 6) is 0.238. The van der Waals surface area contributed by atoms with E-state index in [1.165, 1.54) is 23.1 Å². The van der Waals surface area contributed by atoms with Crippen molar-refractivity contribution in [1.82, 2.24) is 9.47 Å². The number of amides is 1. The van der Waals surface area contributed by atoms with Crippen LogP contribution in [0.15, 0.2) is 24.3 Å². The predicted octanol–water partition coefficient (Wildman–Crippen LogP) is 3.63. The summed E-state index contributed by atoms with van der Waals surface area (Å²) < 4.78 is 2.19. The summed E-state index contributed by atoms with van der Waals surface area (Å²) >= 11 is 0. The largest absolute Gasteiger partial charge is 0.338 e. The molecule has 2 N–H and O–H groups in total. The molecule has 2 aromatic rings. The van der Waals surface area contributed by atoms with Gasteiger partial charge in [-0.15, -0.1) is 0 Å². The van der Waals surface area contributed by atoms with Crippen LogP contribution in [0.5, 0.6) is 0 Å². The zero-order valence-corrected chi connectivity index (χ0v) is 15.8. The maximum Gasteiger partial charge on any atom is 0.242 e. The van der Waals surface area contributed by atoms with Crippen molar-refractivity contribution in [3.05, 3.63) is 35.5 Å². The monoisotopic (exact) mass is 341 g/mol. The van der Waals surface area contributed by atoms with Crippen molar-refractivity contribution in [3.63, 3.8) is 0 Å². The van der Waals surface area contributed by atoms with E-state index in [2.05, 4.69) is 54.5 Å². The summed E-state index contributed by atoms with van der Waals surface area (Å²) in [6.45, 7) is 7.75. The molecule has 4 heteroatoms. The fourth-order valence-electron chi connectivity index (χ4n) is 4.07. The van der Waals surface area contributed by atoms with Crippen LogP contribution in [0, 0.1) is 6.92 Å². The molecule has 1 aliphatic heterocycles. The highest BCUT2D eigenvalue weighted by atomic mass is 16.2. The lowest BCUT2D eigenvalue weighted by atomic mass is 10.0. The van der Waals surface area contributed by atoms with Crippen molar-refractivity contribution in [2.45, 2.75) is 71.5 Å². The quantitative estimate of drug-likeness (QED) is 0.903. The van der Waals surface area contributed by atoms with Gasteiger partial charge in [-0.1, -0.05) is 25.1 Å². The molecular weight excluding hydrogens is 310 g/mol. The minimum Gasteiger partial charge on any atom is -0.338 e. The number of carbonyl (C=O) groups excluding carboxylic acids is 1. The van der Waals surface area contributed by atoms with Gasteiger partial charge in [-0.05, 0) is 57.6 Å². The van der Waals surface area contributed by atoms with Gasteiger partial charge in [-0.25, -0.2) is 0 Å². The Kier molecular flexibility index (Phi) is 5.48. The van der Waals surface area contributed by atoms with Crippen molar-refractivity contribution in [3.8, 4) is 0 Å².